The molecule has 28 heavy (non-hydrogen) atoms. The third-order valence-electron chi connectivity index (χ3n) is 3.87. The van der Waals surface area contributed by atoms with Gasteiger partial charge in [0, 0.05) is 18.3 Å². The zero-order valence-corrected chi connectivity index (χ0v) is 17.4. The van der Waals surface area contributed by atoms with E-state index in [-0.39, 0.29) is 0 Å². The number of nitrogens with two attached hydrogens (primary N) is 1. The highest BCUT2D eigenvalue weighted by molar-refractivity contribution is 7.18. The van der Waals surface area contributed by atoms with E-state index in [0.717, 1.165) is 26.8 Å². The number of nitrogens with one attached hydrogen (secondary N) is 2. The quantitative estimate of drug-likeness (QED) is 0.724. The number of ether oxygens (including phenoxy) is 1. The molecule has 2 heterocycles. The summed E-state index contributed by atoms with van der Waals surface area (Å²) in [7, 11) is 1.80. The maximum Gasteiger partial charge on any atom is 0.412 e. The molecule has 0 atom stereocenters. The minimum atomic E-state index is -0.562. The van der Waals surface area contributed by atoms with E-state index in [1.54, 1.807) is 7.05 Å². The summed E-state index contributed by atoms with van der Waals surface area (Å²) >= 11 is 1.45. The Morgan fingerprint density at radius 1 is 1.32 bits per heavy atom. The number of hydrogen-bond donors (Lipinski definition) is 3. The molecule has 0 unspecified atom stereocenters. The summed E-state index contributed by atoms with van der Waals surface area (Å²) in [6.45, 7) is 7.88. The lowest BCUT2D eigenvalue weighted by molar-refractivity contribution is 0.0636. The third kappa shape index (κ3) is 4.48. The molecule has 2 aromatic rings. The van der Waals surface area contributed by atoms with Gasteiger partial charge >= 0.3 is 6.09 Å². The van der Waals surface area contributed by atoms with Crippen molar-refractivity contribution in [2.24, 2.45) is 9.98 Å². The number of thiazole rings is 1. The molecule has 1 aliphatic heterocycles. The van der Waals surface area contributed by atoms with Crippen molar-refractivity contribution in [3.8, 4) is 0 Å². The molecule has 0 fully saturated rings. The Labute approximate surface area is 167 Å². The van der Waals surface area contributed by atoms with Crippen molar-refractivity contribution >= 4 is 45.6 Å². The summed E-state index contributed by atoms with van der Waals surface area (Å²) in [5.41, 5.74) is 8.71. The van der Waals surface area contributed by atoms with E-state index in [0.29, 0.717) is 23.9 Å². The van der Waals surface area contributed by atoms with Crippen LogP contribution in [0, 0.1) is 6.92 Å². The van der Waals surface area contributed by atoms with Gasteiger partial charge in [-0.15, -0.1) is 0 Å². The van der Waals surface area contributed by atoms with Gasteiger partial charge in [0.1, 0.15) is 11.4 Å². The first-order chi connectivity index (χ1) is 13.2. The second-order valence-corrected chi connectivity index (χ2v) is 8.34. The largest absolute Gasteiger partial charge is 0.444 e. The Morgan fingerprint density at radius 3 is 2.71 bits per heavy atom. The van der Waals surface area contributed by atoms with Gasteiger partial charge in [-0.25, -0.2) is 14.8 Å². The van der Waals surface area contributed by atoms with Gasteiger partial charge in [-0.1, -0.05) is 17.4 Å². The fourth-order valence-corrected chi connectivity index (χ4v) is 3.44. The highest BCUT2D eigenvalue weighted by atomic mass is 32.1. The molecular weight excluding hydrogens is 376 g/mol. The van der Waals surface area contributed by atoms with Crippen LogP contribution in [0.3, 0.4) is 0 Å². The van der Waals surface area contributed by atoms with Crippen molar-refractivity contribution in [1.29, 1.82) is 0 Å². The predicted molar refractivity (Wildman–Crippen MR) is 115 cm³/mol. The van der Waals surface area contributed by atoms with Crippen LogP contribution in [0.5, 0.6) is 0 Å². The summed E-state index contributed by atoms with van der Waals surface area (Å²) in [5.74, 6) is 1.06. The lowest BCUT2D eigenvalue weighted by Gasteiger charge is -2.20. The second-order valence-electron chi connectivity index (χ2n) is 7.34. The molecule has 1 aromatic carbocycles. The second kappa shape index (κ2) is 7.59. The number of amidine groups is 1. The molecular formula is C19H24N6O2S. The Bertz CT molecular complexity index is 971. The van der Waals surface area contributed by atoms with Gasteiger partial charge in [0.2, 0.25) is 0 Å². The van der Waals surface area contributed by atoms with E-state index in [1.807, 2.05) is 45.9 Å². The van der Waals surface area contributed by atoms with Crippen LogP contribution in [-0.4, -0.2) is 41.8 Å². The summed E-state index contributed by atoms with van der Waals surface area (Å²) in [6.07, 6.45) is -0.503. The first-order valence-electron chi connectivity index (χ1n) is 8.84. The van der Waals surface area contributed by atoms with Gasteiger partial charge < -0.3 is 15.8 Å². The zero-order valence-electron chi connectivity index (χ0n) is 16.6. The average molecular weight is 401 g/mol. The van der Waals surface area contributed by atoms with Gasteiger partial charge in [-0.2, -0.15) is 0 Å². The topological polar surface area (TPSA) is 114 Å². The lowest BCUT2D eigenvalue weighted by atomic mass is 10.1. The van der Waals surface area contributed by atoms with E-state index in [4.69, 9.17) is 10.5 Å². The minimum absolute atomic E-state index is 0.439. The molecule has 0 saturated carbocycles. The maximum absolute atomic E-state index is 12.0. The number of amides is 1. The van der Waals surface area contributed by atoms with E-state index in [9.17, 15) is 4.79 Å². The van der Waals surface area contributed by atoms with Gasteiger partial charge in [0.15, 0.2) is 11.0 Å². The molecule has 1 aromatic heterocycles. The number of rotatable bonds is 4. The van der Waals surface area contributed by atoms with Crippen molar-refractivity contribution < 1.29 is 9.53 Å². The number of benzene rings is 1. The van der Waals surface area contributed by atoms with Gasteiger partial charge in [0.05, 0.1) is 17.1 Å². The molecule has 8 nitrogen and oxygen atoms in total. The summed E-state index contributed by atoms with van der Waals surface area (Å²) in [4.78, 5) is 26.3. The van der Waals surface area contributed by atoms with E-state index < -0.39 is 11.7 Å². The molecule has 3 rings (SSSR count). The van der Waals surface area contributed by atoms with Crippen LogP contribution >= 0.6 is 11.3 Å². The fraction of sp³-hybridized carbons (Fsp3) is 0.368. The number of hydrogen-bond acceptors (Lipinski definition) is 8. The fourth-order valence-electron chi connectivity index (χ4n) is 2.62. The number of aryl methyl sites for hydroxylation is 1. The third-order valence-corrected chi connectivity index (χ3v) is 5.01. The van der Waals surface area contributed by atoms with Crippen LogP contribution in [-0.2, 0) is 4.74 Å². The number of nitrogens with zero attached hydrogens (tertiary/aromatic N) is 3. The summed E-state index contributed by atoms with van der Waals surface area (Å²) in [6, 6.07) is 5.58. The van der Waals surface area contributed by atoms with Crippen molar-refractivity contribution in [2.75, 3.05) is 30.0 Å². The Morgan fingerprint density at radius 2 is 2.07 bits per heavy atom. The standard InChI is InChI=1S/C19H24N6O2S/c1-10-6-7-11(23-18(26)27-19(2,3)4)8-12(10)16-22-9-13(24-16)14-15(20)25-17(21-5)28-14/h6-8H,9,20H2,1-5H3,(H,21,25)(H,23,26). The van der Waals surface area contributed by atoms with Gasteiger partial charge in [-0.05, 0) is 45.4 Å². The number of carbonyl (C=O) groups is 1. The van der Waals surface area contributed by atoms with Gasteiger partial charge in [0.25, 0.3) is 0 Å². The van der Waals surface area contributed by atoms with Crippen molar-refractivity contribution in [2.45, 2.75) is 33.3 Å². The van der Waals surface area contributed by atoms with Crippen LogP contribution < -0.4 is 16.4 Å². The minimum Gasteiger partial charge on any atom is -0.444 e. The smallest absolute Gasteiger partial charge is 0.412 e. The average Bonchev–Trinajstić information content (AvgIpc) is 3.21. The molecule has 0 bridgehead atoms. The first kappa shape index (κ1) is 19.8. The van der Waals surface area contributed by atoms with Gasteiger partial charge in [-0.3, -0.25) is 10.3 Å². The normalized spacial score (nSPS) is 13.8. The van der Waals surface area contributed by atoms with Crippen LogP contribution in [0.15, 0.2) is 28.2 Å². The number of nitrogen functional groups attached to an aromatic ring is 1. The molecule has 0 saturated heterocycles. The SMILES string of the molecule is CNc1nc(N)c(C2=NC(c3cc(NC(=O)OC(C)(C)C)ccc3C)=NC2)s1. The van der Waals surface area contributed by atoms with Crippen molar-refractivity contribution in [3.63, 3.8) is 0 Å². The lowest BCUT2D eigenvalue weighted by Crippen LogP contribution is -2.27. The van der Waals surface area contributed by atoms with Crippen LogP contribution in [0.25, 0.3) is 0 Å². The molecule has 0 aliphatic carbocycles. The van der Waals surface area contributed by atoms with Crippen LogP contribution in [0.1, 0.15) is 36.8 Å². The number of aromatic nitrogens is 1. The van der Waals surface area contributed by atoms with E-state index in [1.165, 1.54) is 11.3 Å². The first-order valence-corrected chi connectivity index (χ1v) is 9.65. The van der Waals surface area contributed by atoms with Crippen molar-refractivity contribution in [3.05, 3.63) is 34.2 Å². The zero-order chi connectivity index (χ0) is 20.5. The summed E-state index contributed by atoms with van der Waals surface area (Å²) in [5, 5.41) is 6.48. The van der Waals surface area contributed by atoms with Crippen molar-refractivity contribution in [1.82, 2.24) is 4.98 Å². The van der Waals surface area contributed by atoms with E-state index >= 15 is 0 Å². The molecule has 1 aliphatic rings. The molecule has 4 N–H and O–H groups in total. The Balaban J connectivity index is 1.82. The molecule has 0 radical (unpaired) electrons. The number of anilines is 3. The number of carbonyl (C=O) groups excluding carboxylic acids is 1. The van der Waals surface area contributed by atoms with Crippen LogP contribution in [0.4, 0.5) is 21.4 Å². The van der Waals surface area contributed by atoms with Crippen LogP contribution in [0.2, 0.25) is 0 Å². The highest BCUT2D eigenvalue weighted by Crippen LogP contribution is 2.28. The predicted octanol–water partition coefficient (Wildman–Crippen LogP) is 3.67. The molecule has 9 heteroatoms. The molecule has 1 amide bonds. The number of aliphatic imine (C=N–C) groups is 2. The monoisotopic (exact) mass is 400 g/mol. The Hall–Kier alpha value is -2.94. The summed E-state index contributed by atoms with van der Waals surface area (Å²) < 4.78 is 5.31. The Kier molecular flexibility index (Phi) is 5.37. The highest BCUT2D eigenvalue weighted by Gasteiger charge is 2.21. The molecule has 0 spiro atoms. The van der Waals surface area contributed by atoms with E-state index in [2.05, 4.69) is 25.6 Å². The maximum atomic E-state index is 12.0. The molecule has 148 valence electrons.